The normalized spacial score (nSPS) is 21.4. The Kier molecular flexibility index (Phi) is 5.64. The van der Waals surface area contributed by atoms with Gasteiger partial charge in [0.25, 0.3) is 0 Å². The first-order valence-corrected chi connectivity index (χ1v) is 5.89. The molecule has 0 spiro atoms. The highest BCUT2D eigenvalue weighted by molar-refractivity contribution is 6.00. The zero-order valence-electron chi connectivity index (χ0n) is 10.5. The molecule has 2 N–H and O–H groups in total. The third kappa shape index (κ3) is 4.41. The van der Waals surface area contributed by atoms with Crippen LogP contribution in [0.4, 0.5) is 0 Å². The standard InChI is InChI=1S/C14H18N2O2/c1-3-5-7-11(8-6-4-2)15-12-9-10-13(17)16-14(12)18/h3-8,12,15H,1,9-10H2,2H3,(H,16,17,18)/b6-4-,7-5-,11-8+. The summed E-state index contributed by atoms with van der Waals surface area (Å²) < 4.78 is 0. The summed E-state index contributed by atoms with van der Waals surface area (Å²) in [5.74, 6) is -0.483. The van der Waals surface area contributed by atoms with Crippen LogP contribution in [0, 0.1) is 0 Å². The summed E-state index contributed by atoms with van der Waals surface area (Å²) in [4.78, 5) is 22.6. The highest BCUT2D eigenvalue weighted by Crippen LogP contribution is 2.07. The lowest BCUT2D eigenvalue weighted by Gasteiger charge is -2.23. The Balaban J connectivity index is 2.71. The Labute approximate surface area is 107 Å². The van der Waals surface area contributed by atoms with E-state index in [1.54, 1.807) is 12.2 Å². The first kappa shape index (κ1) is 14.0. The number of carbonyl (C=O) groups excluding carboxylic acids is 2. The first-order chi connectivity index (χ1) is 8.67. The molecule has 96 valence electrons. The number of allylic oxidation sites excluding steroid dienone is 6. The van der Waals surface area contributed by atoms with Gasteiger partial charge in [-0.15, -0.1) is 0 Å². The van der Waals surface area contributed by atoms with Gasteiger partial charge in [0, 0.05) is 12.1 Å². The highest BCUT2D eigenvalue weighted by atomic mass is 16.2. The predicted molar refractivity (Wildman–Crippen MR) is 71.5 cm³/mol. The van der Waals surface area contributed by atoms with E-state index in [1.165, 1.54) is 0 Å². The van der Waals surface area contributed by atoms with Crippen molar-refractivity contribution in [3.8, 4) is 0 Å². The van der Waals surface area contributed by atoms with Crippen LogP contribution in [0.2, 0.25) is 0 Å². The van der Waals surface area contributed by atoms with E-state index >= 15 is 0 Å². The second-order valence-corrected chi connectivity index (χ2v) is 3.89. The lowest BCUT2D eigenvalue weighted by atomic mass is 10.1. The molecule has 18 heavy (non-hydrogen) atoms. The topological polar surface area (TPSA) is 58.2 Å². The molecule has 0 aromatic rings. The predicted octanol–water partition coefficient (Wildman–Crippen LogP) is 1.58. The van der Waals surface area contributed by atoms with E-state index in [2.05, 4.69) is 17.2 Å². The second kappa shape index (κ2) is 7.27. The average Bonchev–Trinajstić information content (AvgIpc) is 2.35. The van der Waals surface area contributed by atoms with Gasteiger partial charge in [-0.3, -0.25) is 14.9 Å². The van der Waals surface area contributed by atoms with Crippen molar-refractivity contribution in [2.75, 3.05) is 0 Å². The van der Waals surface area contributed by atoms with Gasteiger partial charge in [-0.1, -0.05) is 30.9 Å². The molecule has 0 aromatic carbocycles. The molecule has 4 nitrogen and oxygen atoms in total. The smallest absolute Gasteiger partial charge is 0.249 e. The average molecular weight is 246 g/mol. The van der Waals surface area contributed by atoms with Crippen LogP contribution in [0.1, 0.15) is 19.8 Å². The van der Waals surface area contributed by atoms with Crippen LogP contribution < -0.4 is 10.6 Å². The lowest BCUT2D eigenvalue weighted by molar-refractivity contribution is -0.134. The van der Waals surface area contributed by atoms with Gasteiger partial charge in [0.1, 0.15) is 6.04 Å². The molecule has 0 aromatic heterocycles. The molecule has 1 fully saturated rings. The van der Waals surface area contributed by atoms with Crippen molar-refractivity contribution in [3.05, 3.63) is 48.7 Å². The molecular weight excluding hydrogens is 228 g/mol. The zero-order chi connectivity index (χ0) is 13.4. The monoisotopic (exact) mass is 246 g/mol. The summed E-state index contributed by atoms with van der Waals surface area (Å²) >= 11 is 0. The maximum Gasteiger partial charge on any atom is 0.249 e. The summed E-state index contributed by atoms with van der Waals surface area (Å²) in [6, 6.07) is -0.367. The number of hydrogen-bond acceptors (Lipinski definition) is 3. The summed E-state index contributed by atoms with van der Waals surface area (Å²) in [5.41, 5.74) is 0.808. The Bertz CT molecular complexity index is 420. The summed E-state index contributed by atoms with van der Waals surface area (Å²) in [5, 5.41) is 5.42. The van der Waals surface area contributed by atoms with Gasteiger partial charge >= 0.3 is 0 Å². The molecule has 0 bridgehead atoms. The Morgan fingerprint density at radius 3 is 2.83 bits per heavy atom. The minimum absolute atomic E-state index is 0.210. The minimum Gasteiger partial charge on any atom is -0.374 e. The Morgan fingerprint density at radius 2 is 2.22 bits per heavy atom. The maximum absolute atomic E-state index is 11.6. The van der Waals surface area contributed by atoms with Crippen molar-refractivity contribution in [2.45, 2.75) is 25.8 Å². The van der Waals surface area contributed by atoms with Crippen molar-refractivity contribution >= 4 is 11.8 Å². The molecule has 0 aliphatic carbocycles. The van der Waals surface area contributed by atoms with Crippen LogP contribution in [0.15, 0.2) is 48.7 Å². The van der Waals surface area contributed by atoms with Gasteiger partial charge in [0.2, 0.25) is 11.8 Å². The van der Waals surface area contributed by atoms with Crippen LogP contribution in [0.3, 0.4) is 0 Å². The van der Waals surface area contributed by atoms with Gasteiger partial charge in [-0.2, -0.15) is 0 Å². The van der Waals surface area contributed by atoms with Crippen LogP contribution in [-0.4, -0.2) is 17.9 Å². The van der Waals surface area contributed by atoms with Gasteiger partial charge in [0.05, 0.1) is 0 Å². The van der Waals surface area contributed by atoms with E-state index < -0.39 is 0 Å². The number of nitrogens with one attached hydrogen (secondary N) is 2. The largest absolute Gasteiger partial charge is 0.374 e. The van der Waals surface area contributed by atoms with Gasteiger partial charge in [-0.25, -0.2) is 0 Å². The molecule has 1 unspecified atom stereocenters. The Hall–Kier alpha value is -2.10. The molecule has 0 saturated carbocycles. The van der Waals surface area contributed by atoms with Crippen LogP contribution in [0.5, 0.6) is 0 Å². The fourth-order valence-electron chi connectivity index (χ4n) is 1.56. The third-order valence-electron chi connectivity index (χ3n) is 2.46. The van der Waals surface area contributed by atoms with E-state index in [9.17, 15) is 9.59 Å². The third-order valence-corrected chi connectivity index (χ3v) is 2.46. The number of amides is 2. The second-order valence-electron chi connectivity index (χ2n) is 3.89. The summed E-state index contributed by atoms with van der Waals surface area (Å²) in [6.07, 6.45) is 11.8. The number of imide groups is 1. The van der Waals surface area contributed by atoms with E-state index in [1.807, 2.05) is 31.2 Å². The molecule has 1 heterocycles. The molecule has 1 atom stereocenters. The number of carbonyl (C=O) groups is 2. The van der Waals surface area contributed by atoms with E-state index in [0.717, 1.165) is 5.70 Å². The highest BCUT2D eigenvalue weighted by Gasteiger charge is 2.26. The van der Waals surface area contributed by atoms with Gasteiger partial charge in [0.15, 0.2) is 0 Å². The van der Waals surface area contributed by atoms with Crippen molar-refractivity contribution in [1.82, 2.24) is 10.6 Å². The van der Waals surface area contributed by atoms with Gasteiger partial charge < -0.3 is 5.32 Å². The molecule has 1 aliphatic rings. The molecule has 1 saturated heterocycles. The molecular formula is C14H18N2O2. The van der Waals surface area contributed by atoms with Crippen molar-refractivity contribution < 1.29 is 9.59 Å². The van der Waals surface area contributed by atoms with Crippen LogP contribution >= 0.6 is 0 Å². The molecule has 4 heteroatoms. The fraction of sp³-hybridized carbons (Fsp3) is 0.286. The number of rotatable bonds is 5. The Morgan fingerprint density at radius 1 is 1.44 bits per heavy atom. The zero-order valence-corrected chi connectivity index (χ0v) is 10.5. The summed E-state index contributed by atoms with van der Waals surface area (Å²) in [7, 11) is 0. The SMILES string of the molecule is C=C\C=C/C(=C\C=C/C)NC1CCC(=O)NC1=O. The van der Waals surface area contributed by atoms with E-state index in [4.69, 9.17) is 0 Å². The molecule has 1 aliphatic heterocycles. The molecule has 2 amide bonds. The fourth-order valence-corrected chi connectivity index (χ4v) is 1.56. The lowest BCUT2D eigenvalue weighted by Crippen LogP contribution is -2.50. The van der Waals surface area contributed by atoms with Gasteiger partial charge in [-0.05, 0) is 25.5 Å². The first-order valence-electron chi connectivity index (χ1n) is 5.89. The van der Waals surface area contributed by atoms with Crippen molar-refractivity contribution in [2.24, 2.45) is 0 Å². The summed E-state index contributed by atoms with van der Waals surface area (Å²) in [6.45, 7) is 5.51. The quantitative estimate of drug-likeness (QED) is 0.572. The van der Waals surface area contributed by atoms with Crippen molar-refractivity contribution in [1.29, 1.82) is 0 Å². The van der Waals surface area contributed by atoms with Crippen LogP contribution in [0.25, 0.3) is 0 Å². The molecule has 0 radical (unpaired) electrons. The molecule has 1 rings (SSSR count). The van der Waals surface area contributed by atoms with E-state index in [-0.39, 0.29) is 17.9 Å². The number of hydrogen-bond donors (Lipinski definition) is 2. The number of piperidine rings is 1. The maximum atomic E-state index is 11.6. The van der Waals surface area contributed by atoms with Crippen LogP contribution in [-0.2, 0) is 9.59 Å². The van der Waals surface area contributed by atoms with Crippen molar-refractivity contribution in [3.63, 3.8) is 0 Å². The van der Waals surface area contributed by atoms with E-state index in [0.29, 0.717) is 12.8 Å². The minimum atomic E-state index is -0.367.